The third-order valence-corrected chi connectivity index (χ3v) is 10.3. The molecule has 5 N–H and O–H groups in total. The van der Waals surface area contributed by atoms with Crippen LogP contribution >= 0.6 is 15.6 Å². The van der Waals surface area contributed by atoms with Crippen LogP contribution in [0.2, 0.25) is 0 Å². The van der Waals surface area contributed by atoms with E-state index in [-0.39, 0.29) is 12.8 Å². The number of hydrogen-bond acceptors (Lipinski definition) is 11. The Kier molecular flexibility index (Phi) is 39.2. The summed E-state index contributed by atoms with van der Waals surface area (Å²) >= 11 is 0. The van der Waals surface area contributed by atoms with Gasteiger partial charge in [-0.25, -0.2) is 9.13 Å². The Bertz CT molecular complexity index is 1430. The third-order valence-electron chi connectivity index (χ3n) is 8.85. The van der Waals surface area contributed by atoms with Gasteiger partial charge in [0.1, 0.15) is 12.7 Å². The minimum Gasteiger partial charge on any atom is -0.462 e. The molecule has 0 fully saturated rings. The van der Waals surface area contributed by atoms with Gasteiger partial charge in [0.2, 0.25) is 0 Å². The highest BCUT2D eigenvalue weighted by molar-refractivity contribution is 7.47. The SMILES string of the molecule is CC/C=C\C/C=C\CC(O)/C=C/C=C\C/C=C\C/C=C\CCC(=O)O[C@H](COC(=O)CCCCCCC/C=C\CCCCCCCC)COP(=O)(O)OC[C@@H](O)COP(=O)(O)O. The first-order chi connectivity index (χ1) is 29.8. The Morgan fingerprint density at radius 3 is 1.76 bits per heavy atom. The molecule has 0 saturated carbocycles. The Morgan fingerprint density at radius 2 is 1.10 bits per heavy atom. The lowest BCUT2D eigenvalue weighted by atomic mass is 10.1. The van der Waals surface area contributed by atoms with Gasteiger partial charge in [-0.2, -0.15) is 0 Å². The number of hydrogen-bond donors (Lipinski definition) is 5. The van der Waals surface area contributed by atoms with E-state index in [0.29, 0.717) is 32.1 Å². The molecule has 0 aromatic heterocycles. The number of ether oxygens (including phenoxy) is 2. The molecular formula is C46H78O14P2. The summed E-state index contributed by atoms with van der Waals surface area (Å²) in [6.07, 6.45) is 43.3. The van der Waals surface area contributed by atoms with Crippen LogP contribution in [0.25, 0.3) is 0 Å². The highest BCUT2D eigenvalue weighted by Crippen LogP contribution is 2.43. The highest BCUT2D eigenvalue weighted by atomic mass is 31.2. The predicted molar refractivity (Wildman–Crippen MR) is 245 cm³/mol. The van der Waals surface area contributed by atoms with Crippen molar-refractivity contribution in [3.63, 3.8) is 0 Å². The van der Waals surface area contributed by atoms with Gasteiger partial charge in [0.25, 0.3) is 0 Å². The van der Waals surface area contributed by atoms with Crippen LogP contribution in [0.1, 0.15) is 149 Å². The van der Waals surface area contributed by atoms with Crippen molar-refractivity contribution in [2.75, 3.05) is 26.4 Å². The Morgan fingerprint density at radius 1 is 0.548 bits per heavy atom. The van der Waals surface area contributed by atoms with Crippen LogP contribution in [0.3, 0.4) is 0 Å². The monoisotopic (exact) mass is 916 g/mol. The number of unbranched alkanes of at least 4 members (excludes halogenated alkanes) is 11. The molecule has 4 atom stereocenters. The van der Waals surface area contributed by atoms with E-state index in [1.165, 1.54) is 38.5 Å². The third kappa shape index (κ3) is 43.9. The quantitative estimate of drug-likeness (QED) is 0.0127. The number of esters is 2. The average molecular weight is 917 g/mol. The maximum atomic E-state index is 12.6. The highest BCUT2D eigenvalue weighted by Gasteiger charge is 2.28. The Balaban J connectivity index is 4.71. The normalized spacial score (nSPS) is 15.3. The van der Waals surface area contributed by atoms with Crippen LogP contribution in [-0.2, 0) is 41.8 Å². The van der Waals surface area contributed by atoms with E-state index in [1.807, 2.05) is 54.7 Å². The molecule has 0 spiro atoms. The zero-order valence-electron chi connectivity index (χ0n) is 37.3. The van der Waals surface area contributed by atoms with Gasteiger partial charge < -0.3 is 34.4 Å². The van der Waals surface area contributed by atoms with Gasteiger partial charge in [-0.1, -0.05) is 150 Å². The summed E-state index contributed by atoms with van der Waals surface area (Å²) in [5, 5.41) is 19.8. The minimum absolute atomic E-state index is 0.0226. The topological polar surface area (TPSA) is 216 Å². The van der Waals surface area contributed by atoms with Crippen molar-refractivity contribution >= 4 is 27.6 Å². The summed E-state index contributed by atoms with van der Waals surface area (Å²) in [6.45, 7) is 1.46. The number of carbonyl (C=O) groups is 2. The Labute approximate surface area is 371 Å². The molecule has 2 unspecified atom stereocenters. The second kappa shape index (κ2) is 41.0. The molecule has 0 rings (SSSR count). The first-order valence-corrected chi connectivity index (χ1v) is 25.4. The smallest absolute Gasteiger partial charge is 0.462 e. The molecule has 0 bridgehead atoms. The van der Waals surface area contributed by atoms with Gasteiger partial charge in [-0.3, -0.25) is 23.2 Å². The lowest BCUT2D eigenvalue weighted by Crippen LogP contribution is -2.29. The van der Waals surface area contributed by atoms with E-state index in [1.54, 1.807) is 6.08 Å². The summed E-state index contributed by atoms with van der Waals surface area (Å²) in [5.74, 6) is -1.18. The maximum Gasteiger partial charge on any atom is 0.472 e. The number of aliphatic hydroxyl groups excluding tert-OH is 2. The van der Waals surface area contributed by atoms with Gasteiger partial charge >= 0.3 is 27.6 Å². The average Bonchev–Trinajstić information content (AvgIpc) is 3.23. The zero-order chi connectivity index (χ0) is 46.0. The summed E-state index contributed by atoms with van der Waals surface area (Å²) in [4.78, 5) is 52.7. The molecule has 356 valence electrons. The standard InChI is InChI=1S/C46H78O14P2/c1-3-5-7-9-11-12-13-14-15-16-17-21-24-28-32-36-45(49)56-40-44(41-59-62(54,55)58-39-43(48)38-57-61(51,52)53)60-46(50)37-33-29-25-22-19-18-20-23-27-31-35-42(47)34-30-26-10-8-6-4-2/h6,8,14-15,18-19,23,25-27,29-31,35,42-44,47-48H,3-5,7,9-13,16-17,20-22,24,28,32-34,36-41H2,1-2H3,(H,54,55)(H2,51,52,53)/b8-6-,15-14-,19-18-,27-23-,29-25-,30-26-,35-31+/t42?,43-,44+/m0/s1. The largest absolute Gasteiger partial charge is 0.472 e. The fourth-order valence-corrected chi connectivity index (χ4v) is 6.61. The number of allylic oxidation sites excluding steroid dienone is 12. The molecule has 16 heteroatoms. The van der Waals surface area contributed by atoms with Gasteiger partial charge in [0.15, 0.2) is 6.10 Å². The van der Waals surface area contributed by atoms with E-state index in [0.717, 1.165) is 51.4 Å². The second-order valence-electron chi connectivity index (χ2n) is 14.8. The lowest BCUT2D eigenvalue weighted by molar-refractivity contribution is -0.161. The second-order valence-corrected chi connectivity index (χ2v) is 17.5. The van der Waals surface area contributed by atoms with E-state index in [9.17, 15) is 33.8 Å². The molecule has 14 nitrogen and oxygen atoms in total. The van der Waals surface area contributed by atoms with Crippen molar-refractivity contribution in [2.24, 2.45) is 0 Å². The number of phosphoric acid groups is 2. The van der Waals surface area contributed by atoms with Crippen molar-refractivity contribution in [2.45, 2.75) is 167 Å². The van der Waals surface area contributed by atoms with E-state index < -0.39 is 72.3 Å². The summed E-state index contributed by atoms with van der Waals surface area (Å²) < 4.78 is 47.7. The maximum absolute atomic E-state index is 12.6. The molecular weight excluding hydrogens is 838 g/mol. The molecule has 0 aliphatic carbocycles. The van der Waals surface area contributed by atoms with Crippen LogP contribution in [0, 0.1) is 0 Å². The number of aliphatic hydroxyl groups is 2. The molecule has 0 aliphatic rings. The molecule has 62 heavy (non-hydrogen) atoms. The van der Waals surface area contributed by atoms with Crippen LogP contribution in [0.5, 0.6) is 0 Å². The van der Waals surface area contributed by atoms with Gasteiger partial charge in [0, 0.05) is 12.8 Å². The lowest BCUT2D eigenvalue weighted by Gasteiger charge is -2.20. The van der Waals surface area contributed by atoms with E-state index in [2.05, 4.69) is 47.2 Å². The summed E-state index contributed by atoms with van der Waals surface area (Å²) in [7, 11) is -9.73. The van der Waals surface area contributed by atoms with Crippen LogP contribution in [-0.4, -0.2) is 81.6 Å². The minimum atomic E-state index is -4.88. The van der Waals surface area contributed by atoms with Crippen LogP contribution < -0.4 is 0 Å². The molecule has 0 saturated heterocycles. The molecule has 0 aromatic rings. The van der Waals surface area contributed by atoms with Gasteiger partial charge in [-0.15, -0.1) is 0 Å². The Hall–Kier alpha value is -2.74. The van der Waals surface area contributed by atoms with Crippen molar-refractivity contribution in [1.29, 1.82) is 0 Å². The fourth-order valence-electron chi connectivity index (χ4n) is 5.45. The molecule has 0 heterocycles. The number of rotatable bonds is 41. The molecule has 0 aliphatic heterocycles. The first-order valence-electron chi connectivity index (χ1n) is 22.4. The van der Waals surface area contributed by atoms with Crippen molar-refractivity contribution < 1.29 is 66.7 Å². The molecule has 0 radical (unpaired) electrons. The van der Waals surface area contributed by atoms with Gasteiger partial charge in [-0.05, 0) is 70.6 Å². The van der Waals surface area contributed by atoms with Crippen molar-refractivity contribution in [3.05, 3.63) is 85.1 Å². The van der Waals surface area contributed by atoms with Crippen molar-refractivity contribution in [1.82, 2.24) is 0 Å². The zero-order valence-corrected chi connectivity index (χ0v) is 39.1. The summed E-state index contributed by atoms with van der Waals surface area (Å²) in [6, 6.07) is 0. The number of phosphoric ester groups is 2. The molecule has 0 aromatic carbocycles. The van der Waals surface area contributed by atoms with Crippen LogP contribution in [0.4, 0.5) is 0 Å². The van der Waals surface area contributed by atoms with Crippen LogP contribution in [0.15, 0.2) is 85.1 Å². The predicted octanol–water partition coefficient (Wildman–Crippen LogP) is 10.5. The van der Waals surface area contributed by atoms with E-state index in [4.69, 9.17) is 23.8 Å². The van der Waals surface area contributed by atoms with Crippen molar-refractivity contribution in [3.8, 4) is 0 Å². The molecule has 0 amide bonds. The van der Waals surface area contributed by atoms with E-state index >= 15 is 0 Å². The van der Waals surface area contributed by atoms with Gasteiger partial charge in [0.05, 0.1) is 25.9 Å². The first kappa shape index (κ1) is 59.3. The fraction of sp³-hybridized carbons (Fsp3) is 0.652. The summed E-state index contributed by atoms with van der Waals surface area (Å²) in [5.41, 5.74) is 0. The number of carbonyl (C=O) groups excluding carboxylic acids is 2.